The molecule has 0 aromatic heterocycles. The first-order chi connectivity index (χ1) is 7.16. The van der Waals surface area contributed by atoms with Gasteiger partial charge in [-0.05, 0) is 18.7 Å². The predicted molar refractivity (Wildman–Crippen MR) is 57.8 cm³/mol. The van der Waals surface area contributed by atoms with Crippen LogP contribution in [0.1, 0.15) is 39.0 Å². The molecule has 0 bridgehead atoms. The minimum Gasteiger partial charge on any atom is -0.859 e. The first kappa shape index (κ1) is 18.7. The third kappa shape index (κ3) is 14.3. The van der Waals surface area contributed by atoms with Crippen molar-refractivity contribution in [3.8, 4) is 0 Å². The van der Waals surface area contributed by atoms with E-state index in [1.165, 1.54) is 6.08 Å². The smallest absolute Gasteiger partial charge is 0.859 e. The number of hydrogen-bond acceptors (Lipinski definition) is 3. The van der Waals surface area contributed by atoms with Gasteiger partial charge in [0.2, 0.25) is 0 Å². The summed E-state index contributed by atoms with van der Waals surface area (Å²) in [4.78, 5) is 13.7. The molecule has 86 valence electrons. The van der Waals surface area contributed by atoms with Crippen molar-refractivity contribution in [2.45, 2.75) is 39.0 Å². The summed E-state index contributed by atoms with van der Waals surface area (Å²) < 4.78 is 0. The summed E-state index contributed by atoms with van der Waals surface area (Å²) in [6.45, 7) is 2.18. The van der Waals surface area contributed by atoms with Gasteiger partial charge in [-0.3, -0.25) is 4.79 Å². The quantitative estimate of drug-likeness (QED) is 0.243. The van der Waals surface area contributed by atoms with Gasteiger partial charge < -0.3 is 15.2 Å². The van der Waals surface area contributed by atoms with E-state index < -0.39 is 5.97 Å². The number of carboxylic acid groups (broad SMARTS) is 1. The van der Waals surface area contributed by atoms with Gasteiger partial charge in [-0.1, -0.05) is 31.9 Å². The van der Waals surface area contributed by atoms with Crippen molar-refractivity contribution >= 4 is 11.9 Å². The van der Waals surface area contributed by atoms with Crippen molar-refractivity contribution in [2.24, 2.45) is 4.99 Å². The molecule has 0 fully saturated rings. The molecule has 0 atom stereocenters. The average Bonchev–Trinajstić information content (AvgIpc) is 2.17. The van der Waals surface area contributed by atoms with Crippen LogP contribution in [0, 0.1) is 0 Å². The molecule has 0 rings (SSSR count). The van der Waals surface area contributed by atoms with Crippen LogP contribution in [0.5, 0.6) is 0 Å². The van der Waals surface area contributed by atoms with Gasteiger partial charge in [0.1, 0.15) is 0 Å². The Kier molecular flexibility index (Phi) is 15.6. The summed E-state index contributed by atoms with van der Waals surface area (Å²) in [7, 11) is 0. The molecule has 0 aromatic carbocycles. The van der Waals surface area contributed by atoms with Crippen molar-refractivity contribution in [2.75, 3.05) is 6.54 Å². The Labute approximate surface area is 139 Å². The number of aliphatic imine (C=N–C) groups is 1. The molecule has 0 saturated heterocycles. The Bertz CT molecular complexity index is 239. The normalized spacial score (nSPS) is 11.4. The van der Waals surface area contributed by atoms with Gasteiger partial charge in [0, 0.05) is 6.54 Å². The fourth-order valence-electron chi connectivity index (χ4n) is 1.01. The van der Waals surface area contributed by atoms with E-state index in [1.54, 1.807) is 6.08 Å². The summed E-state index contributed by atoms with van der Waals surface area (Å²) >= 11 is 0. The molecule has 0 amide bonds. The van der Waals surface area contributed by atoms with Crippen LogP contribution in [-0.4, -0.2) is 23.5 Å². The zero-order chi connectivity index (χ0) is 11.5. The molecular formula is C11H18KNO3. The van der Waals surface area contributed by atoms with E-state index in [1.807, 2.05) is 0 Å². The molecule has 16 heavy (non-hydrogen) atoms. The summed E-state index contributed by atoms with van der Waals surface area (Å²) in [5.74, 6) is -1.27. The largest absolute Gasteiger partial charge is 1.00 e. The molecule has 0 spiro atoms. The van der Waals surface area contributed by atoms with Crippen molar-refractivity contribution in [1.82, 2.24) is 0 Å². The Hall–Kier alpha value is 0.316. The second-order valence-electron chi connectivity index (χ2n) is 3.26. The predicted octanol–water partition coefficient (Wildman–Crippen LogP) is -1.64. The second kappa shape index (κ2) is 13.4. The number of unbranched alkanes of at least 4 members (excludes halogenated alkanes) is 3. The van der Waals surface area contributed by atoms with E-state index in [0.29, 0.717) is 0 Å². The molecule has 0 radical (unpaired) electrons. The van der Waals surface area contributed by atoms with Crippen LogP contribution in [0.15, 0.2) is 17.1 Å². The molecular weight excluding hydrogens is 233 g/mol. The van der Waals surface area contributed by atoms with Crippen LogP contribution in [0.3, 0.4) is 0 Å². The van der Waals surface area contributed by atoms with E-state index in [-0.39, 0.29) is 70.2 Å². The molecule has 0 aliphatic rings. The van der Waals surface area contributed by atoms with E-state index in [4.69, 9.17) is 5.11 Å². The van der Waals surface area contributed by atoms with Crippen LogP contribution in [0.2, 0.25) is 0 Å². The number of hydrogen-bond donors (Lipinski definition) is 1. The second-order valence-corrected chi connectivity index (χ2v) is 3.26. The first-order valence-electron chi connectivity index (χ1n) is 5.26. The monoisotopic (exact) mass is 251 g/mol. The van der Waals surface area contributed by atoms with Crippen LogP contribution < -0.4 is 56.5 Å². The maximum Gasteiger partial charge on any atom is 1.00 e. The van der Waals surface area contributed by atoms with Gasteiger partial charge in [-0.2, -0.15) is 0 Å². The van der Waals surface area contributed by atoms with Crippen LogP contribution >= 0.6 is 0 Å². The van der Waals surface area contributed by atoms with E-state index in [9.17, 15) is 9.90 Å². The standard InChI is InChI=1S/C11H19NO3.K/c1-2-3-4-5-6-7-10(13)12-9-8-11(14)15;/h6-7H,2-5,8-9H2,1H3,(H,12,13)(H,14,15);/q;+1/p-1/b7-6+;. The number of carboxylic acids is 1. The van der Waals surface area contributed by atoms with Gasteiger partial charge in [0.15, 0.2) is 0 Å². The fourth-order valence-corrected chi connectivity index (χ4v) is 1.01. The van der Waals surface area contributed by atoms with Gasteiger partial charge >= 0.3 is 57.4 Å². The molecule has 4 nitrogen and oxygen atoms in total. The third-order valence-electron chi connectivity index (χ3n) is 1.83. The molecule has 5 heteroatoms. The first-order valence-corrected chi connectivity index (χ1v) is 5.26. The SMILES string of the molecule is CCCCC/C=C/C([O-])=NCCC(=O)O.[K+]. The summed E-state index contributed by atoms with van der Waals surface area (Å²) in [5, 5.41) is 19.3. The summed E-state index contributed by atoms with van der Waals surface area (Å²) in [6.07, 6.45) is 7.40. The molecule has 0 aliphatic carbocycles. The average molecular weight is 251 g/mol. The van der Waals surface area contributed by atoms with Crippen molar-refractivity contribution in [3.63, 3.8) is 0 Å². The van der Waals surface area contributed by atoms with Gasteiger partial charge in [-0.25, -0.2) is 0 Å². The van der Waals surface area contributed by atoms with Gasteiger partial charge in [-0.15, -0.1) is 0 Å². The maximum absolute atomic E-state index is 11.0. The Morgan fingerprint density at radius 3 is 2.69 bits per heavy atom. The van der Waals surface area contributed by atoms with Crippen LogP contribution in [-0.2, 0) is 4.79 Å². The topological polar surface area (TPSA) is 72.7 Å². The molecule has 0 saturated carbocycles. The molecule has 0 heterocycles. The third-order valence-corrected chi connectivity index (χ3v) is 1.83. The number of aliphatic carboxylic acids is 1. The molecule has 0 aromatic rings. The zero-order valence-corrected chi connectivity index (χ0v) is 13.2. The summed E-state index contributed by atoms with van der Waals surface area (Å²) in [6, 6.07) is 0. The Balaban J connectivity index is 0. The van der Waals surface area contributed by atoms with E-state index in [2.05, 4.69) is 11.9 Å². The number of rotatable bonds is 8. The van der Waals surface area contributed by atoms with Crippen LogP contribution in [0.4, 0.5) is 0 Å². The molecule has 0 aliphatic heterocycles. The summed E-state index contributed by atoms with van der Waals surface area (Å²) in [5.41, 5.74) is 0. The number of carbonyl (C=O) groups is 1. The minimum absolute atomic E-state index is 0. The molecule has 0 unspecified atom stereocenters. The van der Waals surface area contributed by atoms with Crippen LogP contribution in [0.25, 0.3) is 0 Å². The fraction of sp³-hybridized carbons (Fsp3) is 0.636. The maximum atomic E-state index is 11.0. The van der Waals surface area contributed by atoms with Gasteiger partial charge in [0.05, 0.1) is 6.42 Å². The number of allylic oxidation sites excluding steroid dienone is 1. The zero-order valence-electron chi connectivity index (χ0n) is 10.1. The number of nitrogens with zero attached hydrogens (tertiary/aromatic N) is 1. The van der Waals surface area contributed by atoms with E-state index >= 15 is 0 Å². The van der Waals surface area contributed by atoms with E-state index in [0.717, 1.165) is 25.7 Å². The van der Waals surface area contributed by atoms with Crippen molar-refractivity contribution < 1.29 is 66.4 Å². The Morgan fingerprint density at radius 2 is 2.12 bits per heavy atom. The minimum atomic E-state index is -0.932. The molecule has 1 N–H and O–H groups in total. The van der Waals surface area contributed by atoms with Crippen molar-refractivity contribution in [1.29, 1.82) is 0 Å². The van der Waals surface area contributed by atoms with Crippen molar-refractivity contribution in [3.05, 3.63) is 12.2 Å². The van der Waals surface area contributed by atoms with Gasteiger partial charge in [0.25, 0.3) is 0 Å². The Morgan fingerprint density at radius 1 is 1.44 bits per heavy atom.